The van der Waals surface area contributed by atoms with Crippen LogP contribution < -0.4 is 10.1 Å². The van der Waals surface area contributed by atoms with Crippen molar-refractivity contribution >= 4 is 0 Å². The van der Waals surface area contributed by atoms with Gasteiger partial charge >= 0.3 is 0 Å². The summed E-state index contributed by atoms with van der Waals surface area (Å²) in [7, 11) is 0. The second-order valence-electron chi connectivity index (χ2n) is 3.97. The van der Waals surface area contributed by atoms with Gasteiger partial charge in [-0.05, 0) is 31.5 Å². The van der Waals surface area contributed by atoms with Crippen LogP contribution in [-0.4, -0.2) is 6.10 Å². The first kappa shape index (κ1) is 13.6. The van der Waals surface area contributed by atoms with Gasteiger partial charge in [-0.1, -0.05) is 12.1 Å². The van der Waals surface area contributed by atoms with Crippen LogP contribution >= 0.6 is 0 Å². The summed E-state index contributed by atoms with van der Waals surface area (Å²) < 4.78 is 5.53. The second kappa shape index (κ2) is 6.98. The summed E-state index contributed by atoms with van der Waals surface area (Å²) >= 11 is 0. The molecule has 1 aromatic rings. The first-order chi connectivity index (χ1) is 8.65. The van der Waals surface area contributed by atoms with Crippen molar-refractivity contribution in [3.63, 3.8) is 0 Å². The molecule has 1 rings (SSSR count). The van der Waals surface area contributed by atoms with Crippen LogP contribution in [0.5, 0.6) is 5.75 Å². The number of hydrogen-bond donors (Lipinski definition) is 1. The van der Waals surface area contributed by atoms with Gasteiger partial charge in [0.1, 0.15) is 23.5 Å². The Morgan fingerprint density at radius 3 is 2.39 bits per heavy atom. The van der Waals surface area contributed by atoms with E-state index >= 15 is 0 Å². The van der Waals surface area contributed by atoms with E-state index in [2.05, 4.69) is 5.32 Å². The quantitative estimate of drug-likeness (QED) is 0.804. The number of nitrogens with zero attached hydrogens (tertiary/aromatic N) is 2. The van der Waals surface area contributed by atoms with Gasteiger partial charge in [-0.25, -0.2) is 0 Å². The van der Waals surface area contributed by atoms with Crippen LogP contribution in [-0.2, 0) is 6.54 Å². The number of rotatable bonds is 5. The summed E-state index contributed by atoms with van der Waals surface area (Å²) in [4.78, 5) is 0. The number of benzene rings is 1. The fourth-order valence-corrected chi connectivity index (χ4v) is 1.32. The van der Waals surface area contributed by atoms with Crippen molar-refractivity contribution in [3.05, 3.63) is 41.6 Å². The van der Waals surface area contributed by atoms with Crippen molar-refractivity contribution < 1.29 is 4.74 Å². The van der Waals surface area contributed by atoms with Crippen LogP contribution in [0.15, 0.2) is 36.0 Å². The minimum absolute atomic E-state index is 0.0646. The number of nitrogens with one attached hydrogen (secondary N) is 1. The van der Waals surface area contributed by atoms with E-state index in [0.717, 1.165) is 11.3 Å². The topological polar surface area (TPSA) is 68.8 Å². The zero-order chi connectivity index (χ0) is 13.4. The average Bonchev–Trinajstić information content (AvgIpc) is 2.36. The smallest absolute Gasteiger partial charge is 0.145 e. The molecule has 1 aromatic carbocycles. The summed E-state index contributed by atoms with van der Waals surface area (Å²) in [5, 5.41) is 20.0. The van der Waals surface area contributed by atoms with Gasteiger partial charge < -0.3 is 10.1 Å². The molecular weight excluding hydrogens is 226 g/mol. The Bertz CT molecular complexity index is 473. The molecule has 0 fully saturated rings. The summed E-state index contributed by atoms with van der Waals surface area (Å²) in [5.41, 5.74) is 1.12. The van der Waals surface area contributed by atoms with E-state index in [1.165, 1.54) is 6.20 Å². The van der Waals surface area contributed by atoms with Crippen LogP contribution in [0.4, 0.5) is 0 Å². The van der Waals surface area contributed by atoms with E-state index in [4.69, 9.17) is 15.3 Å². The Labute approximate surface area is 107 Å². The van der Waals surface area contributed by atoms with Crippen LogP contribution in [0, 0.1) is 22.7 Å². The molecular formula is C14H15N3O. The van der Waals surface area contributed by atoms with E-state index in [1.54, 1.807) is 12.1 Å². The Morgan fingerprint density at radius 1 is 1.28 bits per heavy atom. The molecule has 4 heteroatoms. The molecule has 0 aliphatic heterocycles. The van der Waals surface area contributed by atoms with Gasteiger partial charge in [0.05, 0.1) is 6.10 Å². The fraction of sp³-hybridized carbons (Fsp3) is 0.286. The van der Waals surface area contributed by atoms with Crippen molar-refractivity contribution in [1.29, 1.82) is 10.5 Å². The highest BCUT2D eigenvalue weighted by Gasteiger charge is 1.97. The maximum absolute atomic E-state index is 8.55. The van der Waals surface area contributed by atoms with Crippen molar-refractivity contribution in [2.24, 2.45) is 0 Å². The lowest BCUT2D eigenvalue weighted by molar-refractivity contribution is 0.242. The third kappa shape index (κ3) is 4.59. The molecule has 4 nitrogen and oxygen atoms in total. The molecule has 0 heterocycles. The van der Waals surface area contributed by atoms with Crippen molar-refractivity contribution in [2.45, 2.75) is 26.5 Å². The molecule has 92 valence electrons. The highest BCUT2D eigenvalue weighted by molar-refractivity contribution is 5.34. The molecule has 0 saturated heterocycles. The lowest BCUT2D eigenvalue weighted by Gasteiger charge is -2.10. The van der Waals surface area contributed by atoms with Crippen molar-refractivity contribution in [3.8, 4) is 17.9 Å². The average molecular weight is 241 g/mol. The number of hydrogen-bond acceptors (Lipinski definition) is 4. The molecule has 0 atom stereocenters. The van der Waals surface area contributed by atoms with E-state index in [0.29, 0.717) is 6.54 Å². The Balaban J connectivity index is 2.53. The monoisotopic (exact) mass is 241 g/mol. The molecule has 0 aromatic heterocycles. The predicted molar refractivity (Wildman–Crippen MR) is 68.4 cm³/mol. The fourth-order valence-electron chi connectivity index (χ4n) is 1.32. The third-order valence-corrected chi connectivity index (χ3v) is 2.09. The number of ether oxygens (including phenoxy) is 1. The maximum Gasteiger partial charge on any atom is 0.145 e. The van der Waals surface area contributed by atoms with Crippen LogP contribution in [0.1, 0.15) is 19.4 Å². The van der Waals surface area contributed by atoms with E-state index in [-0.39, 0.29) is 11.7 Å². The second-order valence-corrected chi connectivity index (χ2v) is 3.97. The van der Waals surface area contributed by atoms with Crippen molar-refractivity contribution in [1.82, 2.24) is 5.32 Å². The highest BCUT2D eigenvalue weighted by Crippen LogP contribution is 2.13. The highest BCUT2D eigenvalue weighted by atomic mass is 16.5. The molecule has 0 aliphatic rings. The summed E-state index contributed by atoms with van der Waals surface area (Å²) in [6.07, 6.45) is 1.57. The first-order valence-corrected chi connectivity index (χ1v) is 5.65. The molecule has 0 amide bonds. The zero-order valence-electron chi connectivity index (χ0n) is 10.5. The Kier molecular flexibility index (Phi) is 5.28. The van der Waals surface area contributed by atoms with Gasteiger partial charge in [0, 0.05) is 12.7 Å². The first-order valence-electron chi connectivity index (χ1n) is 5.65. The molecule has 0 radical (unpaired) electrons. The maximum atomic E-state index is 8.55. The van der Waals surface area contributed by atoms with Crippen LogP contribution in [0.2, 0.25) is 0 Å². The van der Waals surface area contributed by atoms with E-state index in [1.807, 2.05) is 38.1 Å². The minimum atomic E-state index is 0.0646. The lowest BCUT2D eigenvalue weighted by Crippen LogP contribution is -2.07. The molecule has 0 spiro atoms. The molecule has 0 aliphatic carbocycles. The third-order valence-electron chi connectivity index (χ3n) is 2.09. The Hall–Kier alpha value is -2.46. The summed E-state index contributed by atoms with van der Waals surface area (Å²) in [5.74, 6) is 0.832. The van der Waals surface area contributed by atoms with Crippen LogP contribution in [0.3, 0.4) is 0 Å². The summed E-state index contributed by atoms with van der Waals surface area (Å²) in [6, 6.07) is 11.3. The van der Waals surface area contributed by atoms with Gasteiger partial charge in [-0.15, -0.1) is 0 Å². The molecule has 0 saturated carbocycles. The van der Waals surface area contributed by atoms with E-state index < -0.39 is 0 Å². The van der Waals surface area contributed by atoms with Gasteiger partial charge in [0.2, 0.25) is 0 Å². The molecule has 0 unspecified atom stereocenters. The SMILES string of the molecule is CC(C)Oc1ccc(CNC=C(C#N)C#N)cc1. The van der Waals surface area contributed by atoms with Gasteiger partial charge in [0.25, 0.3) is 0 Å². The van der Waals surface area contributed by atoms with Crippen molar-refractivity contribution in [2.75, 3.05) is 0 Å². The van der Waals surface area contributed by atoms with E-state index in [9.17, 15) is 0 Å². The van der Waals surface area contributed by atoms with Gasteiger partial charge in [-0.3, -0.25) is 0 Å². The molecule has 18 heavy (non-hydrogen) atoms. The Morgan fingerprint density at radius 2 is 1.89 bits per heavy atom. The zero-order valence-corrected chi connectivity index (χ0v) is 10.5. The molecule has 0 bridgehead atoms. The van der Waals surface area contributed by atoms with Gasteiger partial charge in [-0.2, -0.15) is 10.5 Å². The number of nitriles is 2. The van der Waals surface area contributed by atoms with Gasteiger partial charge in [0.15, 0.2) is 0 Å². The normalized spacial score (nSPS) is 9.17. The number of allylic oxidation sites excluding steroid dienone is 1. The lowest BCUT2D eigenvalue weighted by atomic mass is 10.2. The predicted octanol–water partition coefficient (Wildman–Crippen LogP) is 2.49. The minimum Gasteiger partial charge on any atom is -0.491 e. The standard InChI is InChI=1S/C14H15N3O/c1-11(2)18-14-5-3-12(4-6-14)9-17-10-13(7-15)8-16/h3-6,10-11,17H,9H2,1-2H3. The van der Waals surface area contributed by atoms with Crippen LogP contribution in [0.25, 0.3) is 0 Å². The largest absolute Gasteiger partial charge is 0.491 e. The summed E-state index contributed by atoms with van der Waals surface area (Å²) in [6.45, 7) is 4.52. The molecule has 1 N–H and O–H groups in total.